The fraction of sp³-hybridized carbons (Fsp3) is 0.208. The van der Waals surface area contributed by atoms with Crippen LogP contribution in [0.1, 0.15) is 45.1 Å². The molecule has 27 heavy (non-hydrogen) atoms. The van der Waals surface area contributed by atoms with E-state index >= 15 is 0 Å². The Labute approximate surface area is 169 Å². The zero-order chi connectivity index (χ0) is 19.4. The fourth-order valence-electron chi connectivity index (χ4n) is 3.02. The minimum Gasteiger partial charge on any atom is -0.378 e. The highest BCUT2D eigenvalue weighted by molar-refractivity contribution is 9.10. The zero-order valence-corrected chi connectivity index (χ0v) is 17.5. The molecule has 0 radical (unpaired) electrons. The molecule has 0 aromatic heterocycles. The Morgan fingerprint density at radius 2 is 1.56 bits per heavy atom. The number of rotatable bonds is 6. The average molecular weight is 422 g/mol. The molecule has 0 aliphatic carbocycles. The third-order valence-electron chi connectivity index (χ3n) is 4.88. The van der Waals surface area contributed by atoms with Crippen molar-refractivity contribution in [3.05, 3.63) is 99.0 Å². The van der Waals surface area contributed by atoms with Gasteiger partial charge in [0.15, 0.2) is 5.78 Å². The molecule has 0 bridgehead atoms. The number of Topliss-reactive ketones (excluding diaryl/α,β-unsaturated/α-hetero) is 1. The molecule has 0 saturated carbocycles. The molecule has 2 nitrogen and oxygen atoms in total. The first-order chi connectivity index (χ1) is 12.9. The Kier molecular flexibility index (Phi) is 6.12. The van der Waals surface area contributed by atoms with Gasteiger partial charge in [-0.15, -0.1) is 0 Å². The van der Waals surface area contributed by atoms with Gasteiger partial charge in [-0.05, 0) is 61.7 Å². The van der Waals surface area contributed by atoms with Crippen molar-refractivity contribution in [1.29, 1.82) is 0 Å². The van der Waals surface area contributed by atoms with Gasteiger partial charge in [-0.1, -0.05) is 64.0 Å². The van der Waals surface area contributed by atoms with Crippen LogP contribution in [0.15, 0.2) is 71.2 Å². The summed E-state index contributed by atoms with van der Waals surface area (Å²) in [5.74, 6) is 0.138. The molecule has 1 N–H and O–H groups in total. The lowest BCUT2D eigenvalue weighted by molar-refractivity contribution is 0.0976. The van der Waals surface area contributed by atoms with E-state index in [0.717, 1.165) is 26.9 Å². The van der Waals surface area contributed by atoms with Gasteiger partial charge in [-0.2, -0.15) is 0 Å². The normalized spacial score (nSPS) is 11.9. The van der Waals surface area contributed by atoms with E-state index in [4.69, 9.17) is 0 Å². The lowest BCUT2D eigenvalue weighted by atomic mass is 9.97. The summed E-state index contributed by atoms with van der Waals surface area (Å²) in [4.78, 5) is 12.9. The van der Waals surface area contributed by atoms with E-state index in [1.807, 2.05) is 43.3 Å². The summed E-state index contributed by atoms with van der Waals surface area (Å²) in [6.45, 7) is 6.24. The highest BCUT2D eigenvalue weighted by atomic mass is 79.9. The predicted molar refractivity (Wildman–Crippen MR) is 117 cm³/mol. The molecule has 0 saturated heterocycles. The number of carbonyl (C=O) groups excluding carboxylic acids is 1. The maximum Gasteiger partial charge on any atom is 0.165 e. The second-order valence-corrected chi connectivity index (χ2v) is 7.96. The lowest BCUT2D eigenvalue weighted by Crippen LogP contribution is -2.16. The van der Waals surface area contributed by atoms with E-state index in [1.165, 1.54) is 11.1 Å². The summed E-state index contributed by atoms with van der Waals surface area (Å²) < 4.78 is 1.03. The number of hydrogen-bond donors (Lipinski definition) is 1. The van der Waals surface area contributed by atoms with E-state index in [9.17, 15) is 4.79 Å². The van der Waals surface area contributed by atoms with Crippen LogP contribution in [0.5, 0.6) is 0 Å². The van der Waals surface area contributed by atoms with Crippen LogP contribution in [0.2, 0.25) is 0 Å². The van der Waals surface area contributed by atoms with Gasteiger partial charge in [-0.3, -0.25) is 4.79 Å². The summed E-state index contributed by atoms with van der Waals surface area (Å²) >= 11 is 3.49. The molecule has 3 aromatic rings. The van der Waals surface area contributed by atoms with Gasteiger partial charge in [-0.25, -0.2) is 0 Å². The first-order valence-corrected chi connectivity index (χ1v) is 9.91. The third-order valence-corrected chi connectivity index (χ3v) is 5.41. The third kappa shape index (κ3) is 5.08. The smallest absolute Gasteiger partial charge is 0.165 e. The van der Waals surface area contributed by atoms with Crippen LogP contribution in [0.4, 0.5) is 5.69 Å². The van der Waals surface area contributed by atoms with Crippen LogP contribution in [-0.4, -0.2) is 5.78 Å². The highest BCUT2D eigenvalue weighted by Gasteiger charge is 2.17. The van der Waals surface area contributed by atoms with Gasteiger partial charge < -0.3 is 5.32 Å². The summed E-state index contributed by atoms with van der Waals surface area (Å²) in [7, 11) is 0. The Morgan fingerprint density at radius 3 is 2.19 bits per heavy atom. The van der Waals surface area contributed by atoms with Gasteiger partial charge in [0.05, 0.1) is 6.04 Å². The Balaban J connectivity index is 1.86. The predicted octanol–water partition coefficient (Wildman–Crippen LogP) is 6.80. The zero-order valence-electron chi connectivity index (χ0n) is 15.9. The molecule has 1 atom stereocenters. The summed E-state index contributed by atoms with van der Waals surface area (Å²) in [5.41, 5.74) is 6.53. The van der Waals surface area contributed by atoms with Crippen LogP contribution < -0.4 is 5.32 Å². The second-order valence-electron chi connectivity index (χ2n) is 7.04. The fourth-order valence-corrected chi connectivity index (χ4v) is 3.29. The molecule has 1 unspecified atom stereocenters. The van der Waals surface area contributed by atoms with Crippen molar-refractivity contribution in [1.82, 2.24) is 0 Å². The van der Waals surface area contributed by atoms with E-state index < -0.39 is 0 Å². The molecule has 0 heterocycles. The first kappa shape index (κ1) is 19.4. The van der Waals surface area contributed by atoms with Gasteiger partial charge in [0.25, 0.3) is 0 Å². The molecule has 0 fully saturated rings. The minimum absolute atomic E-state index is 0.0889. The second kappa shape index (κ2) is 8.53. The van der Waals surface area contributed by atoms with Crippen molar-refractivity contribution >= 4 is 27.4 Å². The molecule has 138 valence electrons. The van der Waals surface area contributed by atoms with Crippen molar-refractivity contribution < 1.29 is 4.79 Å². The van der Waals surface area contributed by atoms with Crippen LogP contribution in [0.25, 0.3) is 0 Å². The Hall–Kier alpha value is -2.39. The minimum atomic E-state index is -0.0889. The molecular weight excluding hydrogens is 398 g/mol. The number of ketones is 1. The van der Waals surface area contributed by atoms with Crippen molar-refractivity contribution in [2.24, 2.45) is 0 Å². The summed E-state index contributed by atoms with van der Waals surface area (Å²) in [6, 6.07) is 22.2. The molecule has 0 amide bonds. The number of benzene rings is 3. The van der Waals surface area contributed by atoms with E-state index in [2.05, 4.69) is 65.4 Å². The van der Waals surface area contributed by atoms with Crippen LogP contribution >= 0.6 is 15.9 Å². The summed E-state index contributed by atoms with van der Waals surface area (Å²) in [6.07, 6.45) is 0.400. The van der Waals surface area contributed by atoms with Gasteiger partial charge in [0.2, 0.25) is 0 Å². The molecule has 3 aromatic carbocycles. The number of aryl methyl sites for hydroxylation is 3. The maximum atomic E-state index is 12.9. The first-order valence-electron chi connectivity index (χ1n) is 9.11. The van der Waals surface area contributed by atoms with Crippen molar-refractivity contribution in [2.75, 3.05) is 5.32 Å². The molecule has 0 aliphatic heterocycles. The summed E-state index contributed by atoms with van der Waals surface area (Å²) in [5, 5.41) is 3.56. The number of halogens is 1. The quantitative estimate of drug-likeness (QED) is 0.443. The number of nitrogens with one attached hydrogen (secondary N) is 1. The molecular formula is C24H24BrNO. The average Bonchev–Trinajstić information content (AvgIpc) is 2.65. The van der Waals surface area contributed by atoms with Crippen molar-refractivity contribution in [3.8, 4) is 0 Å². The topological polar surface area (TPSA) is 29.1 Å². The van der Waals surface area contributed by atoms with Gasteiger partial charge in [0, 0.05) is 22.1 Å². The van der Waals surface area contributed by atoms with Crippen molar-refractivity contribution in [3.63, 3.8) is 0 Å². The van der Waals surface area contributed by atoms with Gasteiger partial charge in [0.1, 0.15) is 0 Å². The SMILES string of the molecule is Cc1ccc(C(=O)CC(Nc2ccc(C)c(C)c2)c2ccc(Br)cc2)cc1. The highest BCUT2D eigenvalue weighted by Crippen LogP contribution is 2.27. The van der Waals surface area contributed by atoms with E-state index in [1.54, 1.807) is 0 Å². The van der Waals surface area contributed by atoms with Crippen LogP contribution in [-0.2, 0) is 0 Å². The number of anilines is 1. The Bertz CT molecular complexity index is 930. The molecule has 3 rings (SSSR count). The standard InChI is InChI=1S/C24H24BrNO/c1-16-4-7-20(8-5-16)24(27)15-23(19-9-11-21(25)12-10-19)26-22-13-6-17(2)18(3)14-22/h4-14,23,26H,15H2,1-3H3. The Morgan fingerprint density at radius 1 is 0.889 bits per heavy atom. The molecule has 0 spiro atoms. The van der Waals surface area contributed by atoms with E-state index in [-0.39, 0.29) is 11.8 Å². The van der Waals surface area contributed by atoms with E-state index in [0.29, 0.717) is 6.42 Å². The lowest BCUT2D eigenvalue weighted by Gasteiger charge is -2.21. The largest absolute Gasteiger partial charge is 0.378 e. The van der Waals surface area contributed by atoms with Gasteiger partial charge >= 0.3 is 0 Å². The van der Waals surface area contributed by atoms with Crippen LogP contribution in [0, 0.1) is 20.8 Å². The monoisotopic (exact) mass is 421 g/mol. The van der Waals surface area contributed by atoms with Crippen LogP contribution in [0.3, 0.4) is 0 Å². The molecule has 0 aliphatic rings. The number of carbonyl (C=O) groups is 1. The number of hydrogen-bond acceptors (Lipinski definition) is 2. The maximum absolute atomic E-state index is 12.9. The van der Waals surface area contributed by atoms with Crippen molar-refractivity contribution in [2.45, 2.75) is 33.2 Å². The molecule has 3 heteroatoms.